The summed E-state index contributed by atoms with van der Waals surface area (Å²) in [7, 11) is 0. The van der Waals surface area contributed by atoms with E-state index < -0.39 is 0 Å². The number of piperidine rings is 2. The van der Waals surface area contributed by atoms with E-state index in [-0.39, 0.29) is 23.8 Å². The third-order valence-corrected chi connectivity index (χ3v) is 6.20. The first-order valence-corrected chi connectivity index (χ1v) is 9.95. The van der Waals surface area contributed by atoms with Crippen molar-refractivity contribution in [2.45, 2.75) is 45.6 Å². The fraction of sp³-hybridized carbons (Fsp3) is 0.895. The molecule has 142 valence electrons. The Morgan fingerprint density at radius 1 is 0.880 bits per heavy atom. The van der Waals surface area contributed by atoms with E-state index >= 15 is 0 Å². The number of morpholine rings is 1. The first-order valence-electron chi connectivity index (χ1n) is 9.95. The molecule has 25 heavy (non-hydrogen) atoms. The smallest absolute Gasteiger partial charge is 0.239 e. The summed E-state index contributed by atoms with van der Waals surface area (Å²) in [4.78, 5) is 31.6. The highest BCUT2D eigenvalue weighted by atomic mass is 16.5. The zero-order valence-electron chi connectivity index (χ0n) is 15.8. The summed E-state index contributed by atoms with van der Waals surface area (Å²) in [6.45, 7) is 10.5. The number of carbonyl (C=O) groups is 2. The molecule has 0 aromatic heterocycles. The van der Waals surface area contributed by atoms with Gasteiger partial charge in [-0.05, 0) is 51.6 Å². The number of hydrogen-bond donors (Lipinski definition) is 0. The lowest BCUT2D eigenvalue weighted by Crippen LogP contribution is -2.53. The average Bonchev–Trinajstić information content (AvgIpc) is 2.67. The van der Waals surface area contributed by atoms with Gasteiger partial charge in [-0.2, -0.15) is 0 Å². The molecule has 3 fully saturated rings. The highest BCUT2D eigenvalue weighted by Gasteiger charge is 2.34. The minimum absolute atomic E-state index is 0.0622. The number of hydrogen-bond acceptors (Lipinski definition) is 4. The summed E-state index contributed by atoms with van der Waals surface area (Å²) in [5.41, 5.74) is 0. The van der Waals surface area contributed by atoms with Crippen LogP contribution < -0.4 is 0 Å². The summed E-state index contributed by atoms with van der Waals surface area (Å²) in [5.74, 6) is 1.41. The van der Waals surface area contributed by atoms with Gasteiger partial charge in [0.05, 0.1) is 19.3 Å². The molecule has 0 N–H and O–H groups in total. The van der Waals surface area contributed by atoms with Crippen molar-refractivity contribution in [2.24, 2.45) is 11.8 Å². The molecule has 1 unspecified atom stereocenters. The molecule has 3 aliphatic rings. The van der Waals surface area contributed by atoms with Crippen LogP contribution in [0, 0.1) is 11.8 Å². The number of rotatable bonds is 3. The Morgan fingerprint density at radius 3 is 2.08 bits per heavy atom. The molecule has 0 bridgehead atoms. The zero-order chi connectivity index (χ0) is 17.8. The monoisotopic (exact) mass is 351 g/mol. The van der Waals surface area contributed by atoms with Crippen LogP contribution in [0.2, 0.25) is 0 Å². The second-order valence-corrected chi connectivity index (χ2v) is 7.93. The minimum atomic E-state index is -0.0622. The Labute approximate surface area is 151 Å². The summed E-state index contributed by atoms with van der Waals surface area (Å²) < 4.78 is 5.33. The van der Waals surface area contributed by atoms with Gasteiger partial charge in [-0.25, -0.2) is 0 Å². The largest absolute Gasteiger partial charge is 0.378 e. The standard InChI is InChI=1S/C19H33N3O3/c1-15-3-7-21(8-4-15)18(23)16(2)20-9-5-17(6-10-20)19(24)22-11-13-25-14-12-22/h15-17H,3-14H2,1-2H3. The van der Waals surface area contributed by atoms with Crippen molar-refractivity contribution in [1.29, 1.82) is 0 Å². The van der Waals surface area contributed by atoms with Gasteiger partial charge >= 0.3 is 0 Å². The molecule has 3 aliphatic heterocycles. The topological polar surface area (TPSA) is 53.1 Å². The van der Waals surface area contributed by atoms with E-state index in [2.05, 4.69) is 11.8 Å². The molecule has 6 heteroatoms. The number of ether oxygens (including phenoxy) is 1. The van der Waals surface area contributed by atoms with Crippen LogP contribution in [-0.4, -0.2) is 85.0 Å². The summed E-state index contributed by atoms with van der Waals surface area (Å²) in [6, 6.07) is -0.0622. The Hall–Kier alpha value is -1.14. The van der Waals surface area contributed by atoms with Gasteiger partial charge in [0.15, 0.2) is 0 Å². The molecule has 1 atom stereocenters. The van der Waals surface area contributed by atoms with Gasteiger partial charge < -0.3 is 14.5 Å². The third-order valence-electron chi connectivity index (χ3n) is 6.20. The molecule has 0 spiro atoms. The van der Waals surface area contributed by atoms with Crippen LogP contribution in [0.3, 0.4) is 0 Å². The van der Waals surface area contributed by atoms with Crippen molar-refractivity contribution in [1.82, 2.24) is 14.7 Å². The number of likely N-dealkylation sites (tertiary alicyclic amines) is 2. The summed E-state index contributed by atoms with van der Waals surface area (Å²) in [6.07, 6.45) is 3.97. The Bertz CT molecular complexity index is 463. The molecular weight excluding hydrogens is 318 g/mol. The van der Waals surface area contributed by atoms with E-state index in [0.29, 0.717) is 13.2 Å². The maximum atomic E-state index is 12.8. The van der Waals surface area contributed by atoms with Gasteiger partial charge in [-0.15, -0.1) is 0 Å². The second kappa shape index (κ2) is 8.49. The normalized spacial score (nSPS) is 25.8. The Kier molecular flexibility index (Phi) is 6.34. The van der Waals surface area contributed by atoms with E-state index in [1.807, 2.05) is 16.7 Å². The van der Waals surface area contributed by atoms with Crippen molar-refractivity contribution in [3.05, 3.63) is 0 Å². The molecular formula is C19H33N3O3. The van der Waals surface area contributed by atoms with E-state index in [9.17, 15) is 9.59 Å². The molecule has 6 nitrogen and oxygen atoms in total. The predicted octanol–water partition coefficient (Wildman–Crippen LogP) is 1.20. The molecule has 3 rings (SSSR count). The zero-order valence-corrected chi connectivity index (χ0v) is 15.8. The van der Waals surface area contributed by atoms with Crippen molar-refractivity contribution < 1.29 is 14.3 Å². The van der Waals surface area contributed by atoms with E-state index in [0.717, 1.165) is 70.9 Å². The number of amides is 2. The lowest BCUT2D eigenvalue weighted by Gasteiger charge is -2.39. The molecule has 3 saturated heterocycles. The third kappa shape index (κ3) is 4.53. The van der Waals surface area contributed by atoms with Crippen LogP contribution in [0.15, 0.2) is 0 Å². The van der Waals surface area contributed by atoms with Crippen LogP contribution in [0.1, 0.15) is 39.5 Å². The molecule has 2 amide bonds. The average molecular weight is 351 g/mol. The molecule has 0 aliphatic carbocycles. The summed E-state index contributed by atoms with van der Waals surface area (Å²) >= 11 is 0. The van der Waals surface area contributed by atoms with Crippen LogP contribution >= 0.6 is 0 Å². The molecule has 0 aromatic carbocycles. The van der Waals surface area contributed by atoms with Crippen molar-refractivity contribution in [3.8, 4) is 0 Å². The fourth-order valence-electron chi connectivity index (χ4n) is 4.23. The van der Waals surface area contributed by atoms with Gasteiger partial charge in [0.1, 0.15) is 0 Å². The molecule has 0 aromatic rings. The van der Waals surface area contributed by atoms with Gasteiger partial charge in [0.25, 0.3) is 0 Å². The SMILES string of the molecule is CC1CCN(C(=O)C(C)N2CCC(C(=O)N3CCOCC3)CC2)CC1. The van der Waals surface area contributed by atoms with Gasteiger partial charge in [0.2, 0.25) is 11.8 Å². The molecule has 0 saturated carbocycles. The minimum Gasteiger partial charge on any atom is -0.378 e. The lowest BCUT2D eigenvalue weighted by atomic mass is 9.93. The van der Waals surface area contributed by atoms with Crippen LogP contribution in [0.4, 0.5) is 0 Å². The summed E-state index contributed by atoms with van der Waals surface area (Å²) in [5, 5.41) is 0. The number of carbonyl (C=O) groups excluding carboxylic acids is 2. The maximum absolute atomic E-state index is 12.8. The van der Waals surface area contributed by atoms with Crippen LogP contribution in [0.5, 0.6) is 0 Å². The molecule has 3 heterocycles. The maximum Gasteiger partial charge on any atom is 0.239 e. The highest BCUT2D eigenvalue weighted by Crippen LogP contribution is 2.23. The van der Waals surface area contributed by atoms with Crippen molar-refractivity contribution in [2.75, 3.05) is 52.5 Å². The van der Waals surface area contributed by atoms with Gasteiger partial charge in [0, 0.05) is 32.1 Å². The van der Waals surface area contributed by atoms with Gasteiger partial charge in [-0.3, -0.25) is 14.5 Å². The first-order chi connectivity index (χ1) is 12.1. The second-order valence-electron chi connectivity index (χ2n) is 7.93. The number of nitrogens with zero attached hydrogens (tertiary/aromatic N) is 3. The Balaban J connectivity index is 1.46. The highest BCUT2D eigenvalue weighted by molar-refractivity contribution is 5.82. The first kappa shape index (κ1) is 18.6. The van der Waals surface area contributed by atoms with Crippen molar-refractivity contribution >= 4 is 11.8 Å². The fourth-order valence-corrected chi connectivity index (χ4v) is 4.23. The Morgan fingerprint density at radius 2 is 1.48 bits per heavy atom. The van der Waals surface area contributed by atoms with E-state index in [1.54, 1.807) is 0 Å². The lowest BCUT2D eigenvalue weighted by molar-refractivity contribution is -0.142. The van der Waals surface area contributed by atoms with Crippen LogP contribution in [-0.2, 0) is 14.3 Å². The van der Waals surface area contributed by atoms with Crippen molar-refractivity contribution in [3.63, 3.8) is 0 Å². The van der Waals surface area contributed by atoms with Crippen LogP contribution in [0.25, 0.3) is 0 Å². The quantitative estimate of drug-likeness (QED) is 0.767. The predicted molar refractivity (Wildman–Crippen MR) is 96.1 cm³/mol. The van der Waals surface area contributed by atoms with E-state index in [1.165, 1.54) is 0 Å². The molecule has 0 radical (unpaired) electrons. The van der Waals surface area contributed by atoms with E-state index in [4.69, 9.17) is 4.74 Å². The van der Waals surface area contributed by atoms with Gasteiger partial charge in [-0.1, -0.05) is 6.92 Å².